The van der Waals surface area contributed by atoms with E-state index in [4.69, 9.17) is 4.74 Å². The second kappa shape index (κ2) is 5.83. The third-order valence-electron chi connectivity index (χ3n) is 3.63. The first-order valence-electron chi connectivity index (χ1n) is 6.14. The molecule has 15 heavy (non-hydrogen) atoms. The second-order valence-corrected chi connectivity index (χ2v) is 4.54. The van der Waals surface area contributed by atoms with Gasteiger partial charge in [-0.2, -0.15) is 0 Å². The third-order valence-corrected chi connectivity index (χ3v) is 3.63. The number of aliphatic hydroxyl groups excluding tert-OH is 1. The smallest absolute Gasteiger partial charge is 0.0900 e. The Labute approximate surface area is 92.4 Å². The van der Waals surface area contributed by atoms with Crippen molar-refractivity contribution >= 4 is 0 Å². The molecule has 0 aromatic rings. The molecule has 1 aliphatic heterocycles. The summed E-state index contributed by atoms with van der Waals surface area (Å²) in [7, 11) is 0. The van der Waals surface area contributed by atoms with Crippen molar-refractivity contribution in [3.8, 4) is 0 Å². The van der Waals surface area contributed by atoms with Crippen molar-refractivity contribution in [2.24, 2.45) is 0 Å². The molecule has 3 heteroatoms. The zero-order valence-corrected chi connectivity index (χ0v) is 9.91. The predicted molar refractivity (Wildman–Crippen MR) is 59.7 cm³/mol. The Bertz CT molecular complexity index is 172. The van der Waals surface area contributed by atoms with Gasteiger partial charge >= 0.3 is 0 Å². The molecule has 1 heterocycles. The molecule has 0 aromatic heterocycles. The Morgan fingerprint density at radius 2 is 2.07 bits per heavy atom. The van der Waals surface area contributed by atoms with E-state index < -0.39 is 11.7 Å². The Morgan fingerprint density at radius 3 is 2.53 bits per heavy atom. The van der Waals surface area contributed by atoms with Crippen LogP contribution < -0.4 is 0 Å². The monoisotopic (exact) mass is 216 g/mol. The highest BCUT2D eigenvalue weighted by molar-refractivity contribution is 4.84. The highest BCUT2D eigenvalue weighted by Gasteiger charge is 2.32. The molecular formula is C12H24O3. The van der Waals surface area contributed by atoms with Crippen molar-refractivity contribution in [3.05, 3.63) is 0 Å². The molecule has 0 spiro atoms. The van der Waals surface area contributed by atoms with E-state index in [1.165, 1.54) is 0 Å². The van der Waals surface area contributed by atoms with Crippen molar-refractivity contribution in [2.75, 3.05) is 6.61 Å². The van der Waals surface area contributed by atoms with Crippen LogP contribution >= 0.6 is 0 Å². The number of hydrogen-bond donors (Lipinski definition) is 2. The molecule has 0 aromatic carbocycles. The van der Waals surface area contributed by atoms with Crippen LogP contribution in [-0.2, 0) is 4.74 Å². The van der Waals surface area contributed by atoms with Crippen LogP contribution in [0.15, 0.2) is 0 Å². The zero-order chi connectivity index (χ0) is 11.3. The van der Waals surface area contributed by atoms with Gasteiger partial charge in [0.25, 0.3) is 0 Å². The van der Waals surface area contributed by atoms with Gasteiger partial charge in [0.2, 0.25) is 0 Å². The SMILES string of the molecule is CCC(O)(CC)C(O)CCC1CCCO1. The highest BCUT2D eigenvalue weighted by Crippen LogP contribution is 2.25. The minimum atomic E-state index is -0.904. The molecule has 0 amide bonds. The minimum Gasteiger partial charge on any atom is -0.390 e. The maximum Gasteiger partial charge on any atom is 0.0900 e. The van der Waals surface area contributed by atoms with Crippen molar-refractivity contribution in [3.63, 3.8) is 0 Å². The van der Waals surface area contributed by atoms with E-state index in [-0.39, 0.29) is 0 Å². The van der Waals surface area contributed by atoms with Crippen LogP contribution in [0.5, 0.6) is 0 Å². The van der Waals surface area contributed by atoms with Gasteiger partial charge < -0.3 is 14.9 Å². The lowest BCUT2D eigenvalue weighted by atomic mass is 9.87. The highest BCUT2D eigenvalue weighted by atomic mass is 16.5. The van der Waals surface area contributed by atoms with Crippen LogP contribution in [0, 0.1) is 0 Å². The van der Waals surface area contributed by atoms with Crippen LogP contribution in [0.2, 0.25) is 0 Å². The lowest BCUT2D eigenvalue weighted by Gasteiger charge is -2.31. The number of ether oxygens (including phenoxy) is 1. The zero-order valence-electron chi connectivity index (χ0n) is 9.91. The van der Waals surface area contributed by atoms with E-state index in [9.17, 15) is 10.2 Å². The van der Waals surface area contributed by atoms with Gasteiger partial charge in [-0.15, -0.1) is 0 Å². The molecule has 0 bridgehead atoms. The summed E-state index contributed by atoms with van der Waals surface area (Å²) >= 11 is 0. The summed E-state index contributed by atoms with van der Waals surface area (Å²) in [6, 6.07) is 0. The van der Waals surface area contributed by atoms with E-state index in [1.54, 1.807) is 0 Å². The molecule has 90 valence electrons. The second-order valence-electron chi connectivity index (χ2n) is 4.54. The van der Waals surface area contributed by atoms with E-state index in [2.05, 4.69) is 0 Å². The Balaban J connectivity index is 2.30. The Morgan fingerprint density at radius 1 is 1.40 bits per heavy atom. The molecule has 2 unspecified atom stereocenters. The summed E-state index contributed by atoms with van der Waals surface area (Å²) < 4.78 is 5.49. The largest absolute Gasteiger partial charge is 0.390 e. The fraction of sp³-hybridized carbons (Fsp3) is 1.00. The van der Waals surface area contributed by atoms with Gasteiger partial charge in [0.05, 0.1) is 17.8 Å². The number of hydrogen-bond acceptors (Lipinski definition) is 3. The van der Waals surface area contributed by atoms with E-state index in [0.29, 0.717) is 25.4 Å². The molecule has 0 aliphatic carbocycles. The maximum absolute atomic E-state index is 10.1. The van der Waals surface area contributed by atoms with Gasteiger partial charge in [0.15, 0.2) is 0 Å². The van der Waals surface area contributed by atoms with Gasteiger partial charge in [-0.1, -0.05) is 13.8 Å². The molecule has 3 nitrogen and oxygen atoms in total. The van der Waals surface area contributed by atoms with Crippen molar-refractivity contribution in [1.82, 2.24) is 0 Å². The Kier molecular flexibility index (Phi) is 5.03. The van der Waals surface area contributed by atoms with Crippen LogP contribution in [0.3, 0.4) is 0 Å². The molecule has 1 aliphatic rings. The van der Waals surface area contributed by atoms with Crippen LogP contribution in [0.25, 0.3) is 0 Å². The summed E-state index contributed by atoms with van der Waals surface area (Å²) in [4.78, 5) is 0. The molecule has 2 N–H and O–H groups in total. The average Bonchev–Trinajstić information content (AvgIpc) is 2.77. The number of rotatable bonds is 6. The van der Waals surface area contributed by atoms with Gasteiger partial charge in [-0.3, -0.25) is 0 Å². The number of aliphatic hydroxyl groups is 2. The lowest BCUT2D eigenvalue weighted by Crippen LogP contribution is -2.41. The van der Waals surface area contributed by atoms with Crippen molar-refractivity contribution in [1.29, 1.82) is 0 Å². The molecule has 1 rings (SSSR count). The normalized spacial score (nSPS) is 24.4. The summed E-state index contributed by atoms with van der Waals surface area (Å²) in [5.41, 5.74) is -0.904. The quantitative estimate of drug-likeness (QED) is 0.712. The van der Waals surface area contributed by atoms with Gasteiger partial charge in [0.1, 0.15) is 0 Å². The third kappa shape index (κ3) is 3.44. The standard InChI is InChI=1S/C12H24O3/c1-3-12(14,4-2)11(13)8-7-10-6-5-9-15-10/h10-11,13-14H,3-9H2,1-2H3. The molecule has 1 fully saturated rings. The molecule has 1 saturated heterocycles. The minimum absolute atomic E-state index is 0.303. The molecule has 0 saturated carbocycles. The van der Waals surface area contributed by atoms with Crippen molar-refractivity contribution in [2.45, 2.75) is 70.2 Å². The topological polar surface area (TPSA) is 49.7 Å². The summed E-state index contributed by atoms with van der Waals surface area (Å²) in [6.45, 7) is 4.68. The average molecular weight is 216 g/mol. The Hall–Kier alpha value is -0.120. The predicted octanol–water partition coefficient (Wildman–Crippen LogP) is 1.86. The van der Waals surface area contributed by atoms with Crippen LogP contribution in [0.4, 0.5) is 0 Å². The van der Waals surface area contributed by atoms with Crippen LogP contribution in [-0.4, -0.2) is 34.6 Å². The van der Waals surface area contributed by atoms with Gasteiger partial charge in [-0.05, 0) is 38.5 Å². The first-order chi connectivity index (χ1) is 7.12. The fourth-order valence-corrected chi connectivity index (χ4v) is 2.21. The molecular weight excluding hydrogens is 192 g/mol. The van der Waals surface area contributed by atoms with Crippen LogP contribution in [0.1, 0.15) is 52.4 Å². The van der Waals surface area contributed by atoms with E-state index in [0.717, 1.165) is 25.9 Å². The lowest BCUT2D eigenvalue weighted by molar-refractivity contribution is -0.0868. The molecule has 0 radical (unpaired) electrons. The molecule has 2 atom stereocenters. The first-order valence-corrected chi connectivity index (χ1v) is 6.14. The van der Waals surface area contributed by atoms with E-state index in [1.807, 2.05) is 13.8 Å². The fourth-order valence-electron chi connectivity index (χ4n) is 2.21. The van der Waals surface area contributed by atoms with Gasteiger partial charge in [-0.25, -0.2) is 0 Å². The van der Waals surface area contributed by atoms with E-state index >= 15 is 0 Å². The van der Waals surface area contributed by atoms with Crippen molar-refractivity contribution < 1.29 is 14.9 Å². The summed E-state index contributed by atoms with van der Waals surface area (Å²) in [6.07, 6.45) is 4.64. The maximum atomic E-state index is 10.1. The summed E-state index contributed by atoms with van der Waals surface area (Å²) in [5.74, 6) is 0. The summed E-state index contributed by atoms with van der Waals surface area (Å²) in [5, 5.41) is 20.0. The van der Waals surface area contributed by atoms with Gasteiger partial charge in [0, 0.05) is 6.61 Å². The first kappa shape index (κ1) is 12.9.